The van der Waals surface area contributed by atoms with E-state index in [1.165, 1.54) is 11.3 Å². The van der Waals surface area contributed by atoms with Gasteiger partial charge in [-0.1, -0.05) is 0 Å². The van der Waals surface area contributed by atoms with E-state index in [0.29, 0.717) is 25.5 Å². The van der Waals surface area contributed by atoms with Gasteiger partial charge in [-0.25, -0.2) is 4.98 Å². The second-order valence-electron chi connectivity index (χ2n) is 3.92. The standard InChI is InChI=1S/C11H16N2O2S/c12-4-1-10-13-9(7-16-10)11(14)8-2-5-15-6-3-8/h7-8H,1-6,12H2. The average molecular weight is 240 g/mol. The van der Waals surface area contributed by atoms with Crippen LogP contribution in [-0.4, -0.2) is 30.5 Å². The molecule has 1 fully saturated rings. The quantitative estimate of drug-likeness (QED) is 0.804. The van der Waals surface area contributed by atoms with Crippen LogP contribution >= 0.6 is 11.3 Å². The van der Waals surface area contributed by atoms with Crippen molar-refractivity contribution in [3.8, 4) is 0 Å². The molecule has 0 unspecified atom stereocenters. The number of nitrogens with two attached hydrogens (primary N) is 1. The number of ketones is 1. The van der Waals surface area contributed by atoms with Crippen molar-refractivity contribution >= 4 is 17.1 Å². The molecule has 0 spiro atoms. The molecule has 1 saturated heterocycles. The SMILES string of the molecule is NCCc1nc(C(=O)C2CCOCC2)cs1. The van der Waals surface area contributed by atoms with Crippen molar-refractivity contribution in [2.75, 3.05) is 19.8 Å². The molecule has 0 aromatic carbocycles. The van der Waals surface area contributed by atoms with Gasteiger partial charge in [-0.3, -0.25) is 4.79 Å². The van der Waals surface area contributed by atoms with Crippen molar-refractivity contribution in [3.63, 3.8) is 0 Å². The monoisotopic (exact) mass is 240 g/mol. The summed E-state index contributed by atoms with van der Waals surface area (Å²) < 4.78 is 5.24. The van der Waals surface area contributed by atoms with Crippen LogP contribution in [0.1, 0.15) is 28.3 Å². The molecular formula is C11H16N2O2S. The fourth-order valence-electron chi connectivity index (χ4n) is 1.83. The third-order valence-electron chi connectivity index (χ3n) is 2.75. The zero-order valence-corrected chi connectivity index (χ0v) is 9.96. The molecular weight excluding hydrogens is 224 g/mol. The maximum Gasteiger partial charge on any atom is 0.185 e. The van der Waals surface area contributed by atoms with Gasteiger partial charge in [0.05, 0.1) is 5.01 Å². The highest BCUT2D eigenvalue weighted by Gasteiger charge is 2.24. The molecule has 0 aliphatic carbocycles. The summed E-state index contributed by atoms with van der Waals surface area (Å²) in [6.45, 7) is 1.96. The number of nitrogens with zero attached hydrogens (tertiary/aromatic N) is 1. The Morgan fingerprint density at radius 2 is 2.31 bits per heavy atom. The topological polar surface area (TPSA) is 65.2 Å². The highest BCUT2D eigenvalue weighted by molar-refractivity contribution is 7.09. The Balaban J connectivity index is 2.01. The molecule has 0 bridgehead atoms. The fraction of sp³-hybridized carbons (Fsp3) is 0.636. The number of Topliss-reactive ketones (excluding diaryl/α,β-unsaturated/α-hetero) is 1. The third-order valence-corrected chi connectivity index (χ3v) is 3.66. The van der Waals surface area contributed by atoms with Gasteiger partial charge in [-0.05, 0) is 19.4 Å². The van der Waals surface area contributed by atoms with Crippen LogP contribution in [0.3, 0.4) is 0 Å². The second kappa shape index (κ2) is 5.52. The Labute approximate surface area is 98.8 Å². The summed E-state index contributed by atoms with van der Waals surface area (Å²) in [6.07, 6.45) is 2.40. The van der Waals surface area contributed by atoms with Crippen LogP contribution in [0.2, 0.25) is 0 Å². The molecule has 1 aromatic heterocycles. The number of rotatable bonds is 4. The van der Waals surface area contributed by atoms with Crippen LogP contribution in [0, 0.1) is 5.92 Å². The zero-order chi connectivity index (χ0) is 11.4. The van der Waals surface area contributed by atoms with Crippen molar-refractivity contribution in [2.45, 2.75) is 19.3 Å². The van der Waals surface area contributed by atoms with Gasteiger partial charge in [-0.15, -0.1) is 11.3 Å². The van der Waals surface area contributed by atoms with E-state index < -0.39 is 0 Å². The van der Waals surface area contributed by atoms with E-state index in [9.17, 15) is 4.79 Å². The molecule has 88 valence electrons. The molecule has 1 aliphatic rings. The summed E-state index contributed by atoms with van der Waals surface area (Å²) in [5, 5.41) is 2.81. The lowest BCUT2D eigenvalue weighted by atomic mass is 9.94. The van der Waals surface area contributed by atoms with E-state index in [1.54, 1.807) is 0 Å². The molecule has 0 saturated carbocycles. The normalized spacial score (nSPS) is 17.6. The maximum atomic E-state index is 12.1. The molecule has 0 amide bonds. The Hall–Kier alpha value is -0.780. The molecule has 16 heavy (non-hydrogen) atoms. The van der Waals surface area contributed by atoms with E-state index in [-0.39, 0.29) is 11.7 Å². The van der Waals surface area contributed by atoms with E-state index in [4.69, 9.17) is 10.5 Å². The highest BCUT2D eigenvalue weighted by Crippen LogP contribution is 2.21. The lowest BCUT2D eigenvalue weighted by Crippen LogP contribution is -2.23. The highest BCUT2D eigenvalue weighted by atomic mass is 32.1. The minimum absolute atomic E-state index is 0.0987. The summed E-state index contributed by atoms with van der Waals surface area (Å²) in [5.41, 5.74) is 6.07. The number of hydrogen-bond acceptors (Lipinski definition) is 5. The number of aromatic nitrogens is 1. The van der Waals surface area contributed by atoms with Gasteiger partial charge in [0.25, 0.3) is 0 Å². The molecule has 0 atom stereocenters. The molecule has 2 N–H and O–H groups in total. The van der Waals surface area contributed by atoms with Gasteiger partial charge in [0, 0.05) is 30.9 Å². The number of carbonyl (C=O) groups excluding carboxylic acids is 1. The largest absolute Gasteiger partial charge is 0.381 e. The van der Waals surface area contributed by atoms with E-state index in [2.05, 4.69) is 4.98 Å². The molecule has 0 radical (unpaired) electrons. The number of ether oxygens (including phenoxy) is 1. The zero-order valence-electron chi connectivity index (χ0n) is 9.15. The summed E-state index contributed by atoms with van der Waals surface area (Å²) in [4.78, 5) is 16.4. The first-order valence-electron chi connectivity index (χ1n) is 5.57. The van der Waals surface area contributed by atoms with Gasteiger partial charge >= 0.3 is 0 Å². The Morgan fingerprint density at radius 3 is 3.00 bits per heavy atom. The molecule has 4 nitrogen and oxygen atoms in total. The Bertz CT molecular complexity index is 359. The van der Waals surface area contributed by atoms with Crippen molar-refractivity contribution in [2.24, 2.45) is 11.7 Å². The number of carbonyl (C=O) groups is 1. The van der Waals surface area contributed by atoms with Gasteiger partial charge in [0.1, 0.15) is 5.69 Å². The van der Waals surface area contributed by atoms with Crippen molar-refractivity contribution in [1.29, 1.82) is 0 Å². The summed E-state index contributed by atoms with van der Waals surface area (Å²) in [6, 6.07) is 0. The van der Waals surface area contributed by atoms with Gasteiger partial charge in [0.15, 0.2) is 5.78 Å². The minimum Gasteiger partial charge on any atom is -0.381 e. The molecule has 2 heterocycles. The van der Waals surface area contributed by atoms with E-state index in [1.807, 2.05) is 5.38 Å². The Kier molecular flexibility index (Phi) is 4.04. The van der Waals surface area contributed by atoms with Gasteiger partial charge < -0.3 is 10.5 Å². The van der Waals surface area contributed by atoms with Crippen LogP contribution < -0.4 is 5.73 Å². The summed E-state index contributed by atoms with van der Waals surface area (Å²) in [5.74, 6) is 0.268. The van der Waals surface area contributed by atoms with Crippen molar-refractivity contribution in [3.05, 3.63) is 16.1 Å². The molecule has 2 rings (SSSR count). The van der Waals surface area contributed by atoms with Crippen molar-refractivity contribution in [1.82, 2.24) is 4.98 Å². The smallest absolute Gasteiger partial charge is 0.185 e. The van der Waals surface area contributed by atoms with Crippen LogP contribution in [0.5, 0.6) is 0 Å². The van der Waals surface area contributed by atoms with E-state index in [0.717, 1.165) is 24.3 Å². The van der Waals surface area contributed by atoms with Crippen LogP contribution in [0.25, 0.3) is 0 Å². The molecule has 1 aliphatic heterocycles. The molecule has 5 heteroatoms. The van der Waals surface area contributed by atoms with Gasteiger partial charge in [0.2, 0.25) is 0 Å². The van der Waals surface area contributed by atoms with Crippen LogP contribution in [0.15, 0.2) is 5.38 Å². The number of thiazole rings is 1. The maximum absolute atomic E-state index is 12.1. The predicted octanol–water partition coefficient (Wildman–Crippen LogP) is 1.25. The Morgan fingerprint density at radius 1 is 1.56 bits per heavy atom. The van der Waals surface area contributed by atoms with E-state index >= 15 is 0 Å². The first kappa shape index (κ1) is 11.7. The number of hydrogen-bond donors (Lipinski definition) is 1. The molecule has 1 aromatic rings. The first-order valence-corrected chi connectivity index (χ1v) is 6.45. The lowest BCUT2D eigenvalue weighted by Gasteiger charge is -2.19. The minimum atomic E-state index is 0.0987. The van der Waals surface area contributed by atoms with Crippen LogP contribution in [-0.2, 0) is 11.2 Å². The summed E-state index contributed by atoms with van der Waals surface area (Å²) >= 11 is 1.52. The van der Waals surface area contributed by atoms with Crippen LogP contribution in [0.4, 0.5) is 0 Å². The average Bonchev–Trinajstić information content (AvgIpc) is 2.78. The fourth-order valence-corrected chi connectivity index (χ4v) is 2.63. The summed E-state index contributed by atoms with van der Waals surface area (Å²) in [7, 11) is 0. The van der Waals surface area contributed by atoms with Gasteiger partial charge in [-0.2, -0.15) is 0 Å². The lowest BCUT2D eigenvalue weighted by molar-refractivity contribution is 0.0542. The first-order chi connectivity index (χ1) is 7.81. The predicted molar refractivity (Wildman–Crippen MR) is 62.7 cm³/mol. The second-order valence-corrected chi connectivity index (χ2v) is 4.86. The third kappa shape index (κ3) is 2.66. The van der Waals surface area contributed by atoms with Crippen molar-refractivity contribution < 1.29 is 9.53 Å².